The van der Waals surface area contributed by atoms with E-state index in [1.807, 2.05) is 18.4 Å². The van der Waals surface area contributed by atoms with Gasteiger partial charge >= 0.3 is 0 Å². The van der Waals surface area contributed by atoms with E-state index in [-0.39, 0.29) is 0 Å². The van der Waals surface area contributed by atoms with Gasteiger partial charge in [0.15, 0.2) is 0 Å². The van der Waals surface area contributed by atoms with Gasteiger partial charge in [0.25, 0.3) is 0 Å². The Bertz CT molecular complexity index is 443. The standard InChI is InChI=1S/C12H15NO/c1-8(2)10-7-14-11-5-3-4-9(6-13)12(10)11/h3-5,7-8H,6,13H2,1-2H3. The van der Waals surface area contributed by atoms with Crippen molar-refractivity contribution in [2.75, 3.05) is 0 Å². The van der Waals surface area contributed by atoms with Crippen molar-refractivity contribution in [3.05, 3.63) is 35.6 Å². The van der Waals surface area contributed by atoms with Crippen LogP contribution in [0.5, 0.6) is 0 Å². The van der Waals surface area contributed by atoms with E-state index in [0.717, 1.165) is 5.58 Å². The molecule has 0 unspecified atom stereocenters. The summed E-state index contributed by atoms with van der Waals surface area (Å²) < 4.78 is 5.50. The molecule has 1 aromatic carbocycles. The first-order valence-corrected chi connectivity index (χ1v) is 4.93. The molecule has 2 aromatic rings. The summed E-state index contributed by atoms with van der Waals surface area (Å²) in [6.45, 7) is 4.89. The van der Waals surface area contributed by atoms with Crippen LogP contribution in [-0.2, 0) is 6.54 Å². The van der Waals surface area contributed by atoms with E-state index in [9.17, 15) is 0 Å². The van der Waals surface area contributed by atoms with Gasteiger partial charge < -0.3 is 10.2 Å². The minimum absolute atomic E-state index is 0.476. The van der Waals surface area contributed by atoms with E-state index >= 15 is 0 Å². The Kier molecular flexibility index (Phi) is 2.30. The van der Waals surface area contributed by atoms with Crippen LogP contribution in [0.3, 0.4) is 0 Å². The lowest BCUT2D eigenvalue weighted by Crippen LogP contribution is -1.98. The molecule has 0 aliphatic carbocycles. The van der Waals surface area contributed by atoms with Gasteiger partial charge in [0.05, 0.1) is 6.26 Å². The zero-order valence-corrected chi connectivity index (χ0v) is 8.58. The fourth-order valence-corrected chi connectivity index (χ4v) is 1.78. The van der Waals surface area contributed by atoms with Crippen LogP contribution in [0.4, 0.5) is 0 Å². The van der Waals surface area contributed by atoms with E-state index in [0.29, 0.717) is 12.5 Å². The highest BCUT2D eigenvalue weighted by molar-refractivity contribution is 5.85. The summed E-state index contributed by atoms with van der Waals surface area (Å²) in [5.74, 6) is 0.476. The summed E-state index contributed by atoms with van der Waals surface area (Å²) in [6, 6.07) is 6.03. The van der Waals surface area contributed by atoms with Crippen LogP contribution in [0.1, 0.15) is 30.9 Å². The molecule has 0 aliphatic heterocycles. The van der Waals surface area contributed by atoms with Crippen LogP contribution in [0.2, 0.25) is 0 Å². The van der Waals surface area contributed by atoms with Crippen molar-refractivity contribution in [2.24, 2.45) is 5.73 Å². The molecule has 2 heteroatoms. The molecule has 0 fully saturated rings. The van der Waals surface area contributed by atoms with Crippen molar-refractivity contribution in [1.82, 2.24) is 0 Å². The maximum absolute atomic E-state index is 5.70. The SMILES string of the molecule is CC(C)c1coc2cccc(CN)c12. The molecule has 0 atom stereocenters. The summed E-state index contributed by atoms with van der Waals surface area (Å²) in [7, 11) is 0. The van der Waals surface area contributed by atoms with Crippen molar-refractivity contribution in [2.45, 2.75) is 26.3 Å². The number of nitrogens with two attached hydrogens (primary N) is 1. The zero-order valence-electron chi connectivity index (χ0n) is 8.58. The highest BCUT2D eigenvalue weighted by atomic mass is 16.3. The summed E-state index contributed by atoms with van der Waals surface area (Å²) >= 11 is 0. The molecule has 2 N–H and O–H groups in total. The second-order valence-electron chi connectivity index (χ2n) is 3.84. The Balaban J connectivity index is 2.74. The molecular formula is C12H15NO. The van der Waals surface area contributed by atoms with Gasteiger partial charge in [-0.15, -0.1) is 0 Å². The van der Waals surface area contributed by atoms with Crippen LogP contribution in [0.25, 0.3) is 11.0 Å². The zero-order chi connectivity index (χ0) is 10.1. The first kappa shape index (κ1) is 9.28. The van der Waals surface area contributed by atoms with Gasteiger partial charge in [0.2, 0.25) is 0 Å². The molecule has 2 rings (SSSR count). The predicted octanol–water partition coefficient (Wildman–Crippen LogP) is 3.01. The molecule has 0 saturated carbocycles. The average molecular weight is 189 g/mol. The second-order valence-corrected chi connectivity index (χ2v) is 3.84. The van der Waals surface area contributed by atoms with Gasteiger partial charge in [-0.05, 0) is 17.5 Å². The van der Waals surface area contributed by atoms with Crippen LogP contribution < -0.4 is 5.73 Å². The molecule has 14 heavy (non-hydrogen) atoms. The fraction of sp³-hybridized carbons (Fsp3) is 0.333. The number of hydrogen-bond acceptors (Lipinski definition) is 2. The number of benzene rings is 1. The molecule has 1 aromatic heterocycles. The number of furan rings is 1. The lowest BCUT2D eigenvalue weighted by atomic mass is 9.99. The quantitative estimate of drug-likeness (QED) is 0.788. The smallest absolute Gasteiger partial charge is 0.134 e. The molecule has 1 heterocycles. The van der Waals surface area contributed by atoms with Crippen LogP contribution in [-0.4, -0.2) is 0 Å². The average Bonchev–Trinajstić information content (AvgIpc) is 2.60. The summed E-state index contributed by atoms with van der Waals surface area (Å²) in [6.07, 6.45) is 1.84. The molecule has 0 amide bonds. The van der Waals surface area contributed by atoms with Crippen molar-refractivity contribution in [3.8, 4) is 0 Å². The maximum Gasteiger partial charge on any atom is 0.134 e. The van der Waals surface area contributed by atoms with Crippen molar-refractivity contribution in [1.29, 1.82) is 0 Å². The van der Waals surface area contributed by atoms with E-state index < -0.39 is 0 Å². The van der Waals surface area contributed by atoms with Crippen LogP contribution in [0.15, 0.2) is 28.9 Å². The largest absolute Gasteiger partial charge is 0.464 e. The molecule has 74 valence electrons. The third kappa shape index (κ3) is 1.32. The minimum atomic E-state index is 0.476. The minimum Gasteiger partial charge on any atom is -0.464 e. The molecule has 0 saturated heterocycles. The Labute approximate surface area is 83.7 Å². The van der Waals surface area contributed by atoms with E-state index in [4.69, 9.17) is 10.2 Å². The first-order valence-electron chi connectivity index (χ1n) is 4.93. The Morgan fingerprint density at radius 1 is 1.36 bits per heavy atom. The lowest BCUT2D eigenvalue weighted by Gasteiger charge is -2.04. The van der Waals surface area contributed by atoms with Gasteiger partial charge in [0.1, 0.15) is 5.58 Å². The second kappa shape index (κ2) is 3.46. The first-order chi connectivity index (χ1) is 6.74. The van der Waals surface area contributed by atoms with Crippen molar-refractivity contribution >= 4 is 11.0 Å². The Morgan fingerprint density at radius 3 is 2.79 bits per heavy atom. The molecule has 0 spiro atoms. The van der Waals surface area contributed by atoms with Crippen LogP contribution in [0, 0.1) is 0 Å². The maximum atomic E-state index is 5.70. The van der Waals surface area contributed by atoms with E-state index in [1.165, 1.54) is 16.5 Å². The fourth-order valence-electron chi connectivity index (χ4n) is 1.78. The molecule has 2 nitrogen and oxygen atoms in total. The van der Waals surface area contributed by atoms with Gasteiger partial charge in [-0.1, -0.05) is 26.0 Å². The summed E-state index contributed by atoms with van der Waals surface area (Å²) in [4.78, 5) is 0. The van der Waals surface area contributed by atoms with Gasteiger partial charge in [-0.3, -0.25) is 0 Å². The molecule has 0 bridgehead atoms. The third-order valence-corrected chi connectivity index (χ3v) is 2.56. The highest BCUT2D eigenvalue weighted by Crippen LogP contribution is 2.29. The number of hydrogen-bond donors (Lipinski definition) is 1. The topological polar surface area (TPSA) is 39.2 Å². The van der Waals surface area contributed by atoms with Crippen molar-refractivity contribution in [3.63, 3.8) is 0 Å². The summed E-state index contributed by atoms with van der Waals surface area (Å²) in [5.41, 5.74) is 9.06. The molecule has 0 radical (unpaired) electrons. The van der Waals surface area contributed by atoms with E-state index in [1.54, 1.807) is 0 Å². The van der Waals surface area contributed by atoms with Crippen LogP contribution >= 0.6 is 0 Å². The number of fused-ring (bicyclic) bond motifs is 1. The van der Waals surface area contributed by atoms with Crippen molar-refractivity contribution < 1.29 is 4.42 Å². The monoisotopic (exact) mass is 189 g/mol. The highest BCUT2D eigenvalue weighted by Gasteiger charge is 2.11. The lowest BCUT2D eigenvalue weighted by molar-refractivity contribution is 0.606. The third-order valence-electron chi connectivity index (χ3n) is 2.56. The normalized spacial score (nSPS) is 11.4. The molecule has 0 aliphatic rings. The molecular weight excluding hydrogens is 174 g/mol. The van der Waals surface area contributed by atoms with Gasteiger partial charge in [-0.2, -0.15) is 0 Å². The summed E-state index contributed by atoms with van der Waals surface area (Å²) in [5, 5.41) is 1.20. The van der Waals surface area contributed by atoms with E-state index in [2.05, 4.69) is 19.9 Å². The van der Waals surface area contributed by atoms with Gasteiger partial charge in [0, 0.05) is 17.5 Å². The Morgan fingerprint density at radius 2 is 2.14 bits per heavy atom. The number of rotatable bonds is 2. The predicted molar refractivity (Wildman–Crippen MR) is 58.2 cm³/mol. The Hall–Kier alpha value is -1.28. The van der Waals surface area contributed by atoms with Gasteiger partial charge in [-0.25, -0.2) is 0 Å².